The molecule has 14 heavy (non-hydrogen) atoms. The van der Waals surface area contributed by atoms with E-state index in [0.717, 1.165) is 13.1 Å². The minimum atomic E-state index is 0.218. The van der Waals surface area contributed by atoms with Gasteiger partial charge in [0, 0.05) is 23.7 Å². The van der Waals surface area contributed by atoms with Crippen LogP contribution in [0.5, 0.6) is 0 Å². The zero-order valence-corrected chi connectivity index (χ0v) is 7.80. The Hall–Kier alpha value is -1.64. The Morgan fingerprint density at radius 1 is 1.29 bits per heavy atom. The highest BCUT2D eigenvalue weighted by Gasteiger charge is 2.23. The summed E-state index contributed by atoms with van der Waals surface area (Å²) in [6, 6.07) is 8.34. The lowest BCUT2D eigenvalue weighted by Crippen LogP contribution is -2.31. The van der Waals surface area contributed by atoms with Crippen LogP contribution in [0.2, 0.25) is 0 Å². The fraction of sp³-hybridized carbons (Fsp3) is 0.273. The molecule has 0 saturated heterocycles. The van der Waals surface area contributed by atoms with E-state index in [9.17, 15) is 0 Å². The van der Waals surface area contributed by atoms with E-state index in [-0.39, 0.29) is 6.17 Å². The number of aliphatic imine (C=N–C) groups is 2. The van der Waals surface area contributed by atoms with Crippen LogP contribution in [-0.4, -0.2) is 31.7 Å². The lowest BCUT2D eigenvalue weighted by atomic mass is 10.2. The number of rotatable bonds is 0. The number of anilines is 1. The summed E-state index contributed by atoms with van der Waals surface area (Å²) in [5.41, 5.74) is 2.44. The zero-order chi connectivity index (χ0) is 9.38. The number of hydrogen-bond donors (Lipinski definition) is 0. The van der Waals surface area contributed by atoms with Crippen LogP contribution in [-0.2, 0) is 0 Å². The highest BCUT2D eigenvalue weighted by molar-refractivity contribution is 5.90. The predicted octanol–water partition coefficient (Wildman–Crippen LogP) is 1.34. The fourth-order valence-electron chi connectivity index (χ4n) is 1.97. The number of nitrogens with zero attached hydrogens (tertiary/aromatic N) is 3. The summed E-state index contributed by atoms with van der Waals surface area (Å²) in [4.78, 5) is 11.1. The molecule has 70 valence electrons. The van der Waals surface area contributed by atoms with Crippen LogP contribution in [0.4, 0.5) is 5.69 Å². The Bertz CT molecular complexity index is 409. The minimum Gasteiger partial charge on any atom is -0.342 e. The molecule has 0 radical (unpaired) electrons. The van der Waals surface area contributed by atoms with Gasteiger partial charge in [0.25, 0.3) is 0 Å². The molecule has 0 aromatic heterocycles. The van der Waals surface area contributed by atoms with Crippen molar-refractivity contribution in [2.75, 3.05) is 18.0 Å². The molecule has 0 saturated carbocycles. The van der Waals surface area contributed by atoms with Crippen molar-refractivity contribution >= 4 is 18.1 Å². The molecule has 0 N–H and O–H groups in total. The molecule has 3 nitrogen and oxygen atoms in total. The molecule has 0 amide bonds. The van der Waals surface area contributed by atoms with Crippen molar-refractivity contribution in [2.45, 2.75) is 6.17 Å². The van der Waals surface area contributed by atoms with Crippen molar-refractivity contribution < 1.29 is 0 Å². The van der Waals surface area contributed by atoms with Crippen molar-refractivity contribution in [3.8, 4) is 0 Å². The standard InChI is InChI=1S/C11H11N3/c1-2-4-10-9(3-1)7-12-8-11-13-5-6-14(10)11/h1-5,7,11H,6,8H2. The average Bonchev–Trinajstić information content (AvgIpc) is 2.61. The van der Waals surface area contributed by atoms with Gasteiger partial charge in [-0.1, -0.05) is 18.2 Å². The third-order valence-electron chi connectivity index (χ3n) is 2.66. The molecule has 0 bridgehead atoms. The SMILES string of the molecule is C1=NCC2N=CCN2c2ccccc21. The molecule has 2 aliphatic rings. The van der Waals surface area contributed by atoms with Crippen molar-refractivity contribution in [1.82, 2.24) is 0 Å². The molecule has 0 fully saturated rings. The lowest BCUT2D eigenvalue weighted by molar-refractivity contribution is 0.694. The topological polar surface area (TPSA) is 28.0 Å². The van der Waals surface area contributed by atoms with Crippen LogP contribution in [0.25, 0.3) is 0 Å². The molecule has 2 aliphatic heterocycles. The molecule has 3 rings (SSSR count). The summed E-state index contributed by atoms with van der Waals surface area (Å²) in [6.07, 6.45) is 4.14. The average molecular weight is 185 g/mol. The Kier molecular flexibility index (Phi) is 1.63. The number of hydrogen-bond acceptors (Lipinski definition) is 3. The van der Waals surface area contributed by atoms with Crippen LogP contribution in [0.15, 0.2) is 34.3 Å². The van der Waals surface area contributed by atoms with E-state index in [0.29, 0.717) is 0 Å². The molecule has 0 spiro atoms. The molecule has 3 heteroatoms. The summed E-state index contributed by atoms with van der Waals surface area (Å²) in [6.45, 7) is 1.68. The molecule has 1 aromatic rings. The highest BCUT2D eigenvalue weighted by atomic mass is 15.3. The molecule has 1 atom stereocenters. The molecular weight excluding hydrogens is 174 g/mol. The first kappa shape index (κ1) is 7.74. The first-order chi connectivity index (χ1) is 6.95. The smallest absolute Gasteiger partial charge is 0.140 e. The van der Waals surface area contributed by atoms with Gasteiger partial charge in [-0.3, -0.25) is 9.98 Å². The largest absolute Gasteiger partial charge is 0.342 e. The zero-order valence-electron chi connectivity index (χ0n) is 7.80. The Morgan fingerprint density at radius 2 is 2.21 bits per heavy atom. The highest BCUT2D eigenvalue weighted by Crippen LogP contribution is 2.25. The number of benzene rings is 1. The van der Waals surface area contributed by atoms with E-state index in [1.54, 1.807) is 0 Å². The van der Waals surface area contributed by atoms with Gasteiger partial charge in [0.1, 0.15) is 6.17 Å². The second kappa shape index (κ2) is 2.94. The first-order valence-electron chi connectivity index (χ1n) is 4.82. The third kappa shape index (κ3) is 1.05. The second-order valence-electron chi connectivity index (χ2n) is 3.52. The van der Waals surface area contributed by atoms with Gasteiger partial charge < -0.3 is 4.90 Å². The summed E-state index contributed by atoms with van der Waals surface area (Å²) >= 11 is 0. The van der Waals surface area contributed by atoms with Gasteiger partial charge in [0.05, 0.1) is 13.1 Å². The van der Waals surface area contributed by atoms with Crippen molar-refractivity contribution in [3.63, 3.8) is 0 Å². The Balaban J connectivity index is 2.12. The minimum absolute atomic E-state index is 0.218. The van der Waals surface area contributed by atoms with Gasteiger partial charge in [0.15, 0.2) is 0 Å². The second-order valence-corrected chi connectivity index (χ2v) is 3.52. The van der Waals surface area contributed by atoms with Gasteiger partial charge in [-0.25, -0.2) is 0 Å². The summed E-state index contributed by atoms with van der Waals surface area (Å²) < 4.78 is 0. The van der Waals surface area contributed by atoms with Crippen LogP contribution in [0.3, 0.4) is 0 Å². The predicted molar refractivity (Wildman–Crippen MR) is 58.5 cm³/mol. The third-order valence-corrected chi connectivity index (χ3v) is 2.66. The molecule has 0 aliphatic carbocycles. The summed E-state index contributed by atoms with van der Waals surface area (Å²) in [7, 11) is 0. The summed E-state index contributed by atoms with van der Waals surface area (Å²) in [5.74, 6) is 0. The van der Waals surface area contributed by atoms with Crippen LogP contribution in [0, 0.1) is 0 Å². The lowest BCUT2D eigenvalue weighted by Gasteiger charge is -2.23. The first-order valence-corrected chi connectivity index (χ1v) is 4.82. The van der Waals surface area contributed by atoms with E-state index in [2.05, 4.69) is 33.1 Å². The van der Waals surface area contributed by atoms with E-state index in [4.69, 9.17) is 0 Å². The summed E-state index contributed by atoms with van der Waals surface area (Å²) in [5, 5.41) is 0. The van der Waals surface area contributed by atoms with Gasteiger partial charge >= 0.3 is 0 Å². The molecule has 1 aromatic carbocycles. The fourth-order valence-corrected chi connectivity index (χ4v) is 1.97. The van der Waals surface area contributed by atoms with Gasteiger partial charge in [-0.05, 0) is 6.07 Å². The van der Waals surface area contributed by atoms with Crippen LogP contribution in [0.1, 0.15) is 5.56 Å². The maximum atomic E-state index is 4.40. The van der Waals surface area contributed by atoms with Gasteiger partial charge in [-0.2, -0.15) is 0 Å². The van der Waals surface area contributed by atoms with Gasteiger partial charge in [0.2, 0.25) is 0 Å². The van der Waals surface area contributed by atoms with E-state index >= 15 is 0 Å². The van der Waals surface area contributed by atoms with Crippen molar-refractivity contribution in [1.29, 1.82) is 0 Å². The Morgan fingerprint density at radius 3 is 3.21 bits per heavy atom. The molecular formula is C11H11N3. The van der Waals surface area contributed by atoms with Gasteiger partial charge in [-0.15, -0.1) is 0 Å². The van der Waals surface area contributed by atoms with E-state index < -0.39 is 0 Å². The molecule has 1 unspecified atom stereocenters. The monoisotopic (exact) mass is 185 g/mol. The normalized spacial score (nSPS) is 23.1. The quantitative estimate of drug-likeness (QED) is 0.599. The maximum absolute atomic E-state index is 4.40. The van der Waals surface area contributed by atoms with Crippen molar-refractivity contribution in [3.05, 3.63) is 29.8 Å². The van der Waals surface area contributed by atoms with E-state index in [1.807, 2.05) is 18.5 Å². The number of para-hydroxylation sites is 1. The van der Waals surface area contributed by atoms with Crippen LogP contribution >= 0.6 is 0 Å². The Labute approximate surface area is 82.8 Å². The van der Waals surface area contributed by atoms with Crippen molar-refractivity contribution in [2.24, 2.45) is 9.98 Å². The van der Waals surface area contributed by atoms with E-state index in [1.165, 1.54) is 11.3 Å². The maximum Gasteiger partial charge on any atom is 0.140 e. The van der Waals surface area contributed by atoms with Crippen LogP contribution < -0.4 is 4.90 Å². The molecule has 2 heterocycles. The number of fused-ring (bicyclic) bond motifs is 3.